The van der Waals surface area contributed by atoms with Gasteiger partial charge in [0.1, 0.15) is 11.7 Å². The molecule has 0 fully saturated rings. The smallest absolute Gasteiger partial charge is 0.205 e. The van der Waals surface area contributed by atoms with E-state index >= 15 is 0 Å². The van der Waals surface area contributed by atoms with Crippen LogP contribution >= 0.6 is 0 Å². The lowest BCUT2D eigenvalue weighted by atomic mass is 9.78. The Bertz CT molecular complexity index is 1030. The van der Waals surface area contributed by atoms with Gasteiger partial charge in [-0.15, -0.1) is 0 Å². The predicted octanol–water partition coefficient (Wildman–Crippen LogP) is 5.60. The van der Waals surface area contributed by atoms with Crippen LogP contribution in [-0.2, 0) is 0 Å². The van der Waals surface area contributed by atoms with Crippen molar-refractivity contribution in [2.24, 2.45) is 5.92 Å². The molecule has 2 atom stereocenters. The summed E-state index contributed by atoms with van der Waals surface area (Å²) in [6, 6.07) is 22.8. The van der Waals surface area contributed by atoms with Crippen molar-refractivity contribution >= 4 is 16.7 Å². The van der Waals surface area contributed by atoms with E-state index in [2.05, 4.69) is 50.2 Å². The fraction of sp³-hybridized carbons (Fsp3) is 0.217. The molecule has 0 saturated carbocycles. The molecule has 3 nitrogen and oxygen atoms in total. The lowest BCUT2D eigenvalue weighted by Crippen LogP contribution is -2.31. The number of nitriles is 1. The fourth-order valence-electron chi connectivity index (χ4n) is 3.72. The first-order valence-electron chi connectivity index (χ1n) is 8.87. The Labute approximate surface area is 153 Å². The SMILES string of the molecule is CC(C)c1ccc(C2c3ccc4ccccc4c3OC(=N)C2C#N)cc1. The molecule has 4 rings (SSSR count). The zero-order valence-electron chi connectivity index (χ0n) is 14.9. The van der Waals surface area contributed by atoms with Crippen molar-refractivity contribution in [1.29, 1.82) is 10.7 Å². The van der Waals surface area contributed by atoms with Crippen molar-refractivity contribution in [3.8, 4) is 11.8 Å². The zero-order valence-corrected chi connectivity index (χ0v) is 14.9. The first-order valence-corrected chi connectivity index (χ1v) is 8.87. The van der Waals surface area contributed by atoms with Gasteiger partial charge in [0, 0.05) is 16.9 Å². The minimum absolute atomic E-state index is 0.0225. The Hall–Kier alpha value is -3.12. The molecule has 1 aliphatic heterocycles. The molecule has 1 heterocycles. The summed E-state index contributed by atoms with van der Waals surface area (Å²) in [5.74, 6) is 0.377. The predicted molar refractivity (Wildman–Crippen MR) is 104 cm³/mol. The minimum Gasteiger partial charge on any atom is -0.441 e. The topological polar surface area (TPSA) is 56.9 Å². The van der Waals surface area contributed by atoms with Gasteiger partial charge in [0.2, 0.25) is 5.90 Å². The van der Waals surface area contributed by atoms with E-state index in [0.29, 0.717) is 11.7 Å². The van der Waals surface area contributed by atoms with Gasteiger partial charge < -0.3 is 4.74 Å². The molecule has 0 bridgehead atoms. The van der Waals surface area contributed by atoms with Crippen LogP contribution < -0.4 is 4.74 Å². The average Bonchev–Trinajstić information content (AvgIpc) is 2.67. The number of hydrogen-bond acceptors (Lipinski definition) is 3. The zero-order chi connectivity index (χ0) is 18.3. The largest absolute Gasteiger partial charge is 0.441 e. The molecule has 2 unspecified atom stereocenters. The highest BCUT2D eigenvalue weighted by Gasteiger charge is 2.37. The van der Waals surface area contributed by atoms with Gasteiger partial charge in [0.05, 0.1) is 6.07 Å². The summed E-state index contributed by atoms with van der Waals surface area (Å²) >= 11 is 0. The number of hydrogen-bond donors (Lipinski definition) is 1. The Kier molecular flexibility index (Phi) is 3.97. The molecule has 0 spiro atoms. The second kappa shape index (κ2) is 6.31. The molecule has 1 N–H and O–H groups in total. The van der Waals surface area contributed by atoms with Crippen LogP contribution in [0.3, 0.4) is 0 Å². The van der Waals surface area contributed by atoms with Crippen molar-refractivity contribution in [3.63, 3.8) is 0 Å². The lowest BCUT2D eigenvalue weighted by Gasteiger charge is -2.31. The van der Waals surface area contributed by atoms with Crippen molar-refractivity contribution in [2.45, 2.75) is 25.7 Å². The van der Waals surface area contributed by atoms with Crippen LogP contribution in [0.25, 0.3) is 10.8 Å². The Morgan fingerprint density at radius 3 is 2.42 bits per heavy atom. The van der Waals surface area contributed by atoms with E-state index in [1.54, 1.807) is 0 Å². The molecule has 3 aromatic rings. The van der Waals surface area contributed by atoms with E-state index in [1.165, 1.54) is 5.56 Å². The molecule has 128 valence electrons. The van der Waals surface area contributed by atoms with Crippen LogP contribution in [0.1, 0.15) is 42.4 Å². The number of nitrogens with zero attached hydrogens (tertiary/aromatic N) is 1. The monoisotopic (exact) mass is 340 g/mol. The van der Waals surface area contributed by atoms with Gasteiger partial charge in [0.15, 0.2) is 0 Å². The normalized spacial score (nSPS) is 19.1. The molecule has 3 aromatic carbocycles. The van der Waals surface area contributed by atoms with Crippen LogP contribution in [0.2, 0.25) is 0 Å². The van der Waals surface area contributed by atoms with Gasteiger partial charge in [-0.1, -0.05) is 74.5 Å². The quantitative estimate of drug-likeness (QED) is 0.659. The molecule has 1 aliphatic rings. The van der Waals surface area contributed by atoms with Crippen LogP contribution in [-0.4, -0.2) is 5.90 Å². The van der Waals surface area contributed by atoms with E-state index in [1.807, 2.05) is 30.3 Å². The highest BCUT2D eigenvalue weighted by Crippen LogP contribution is 2.45. The average molecular weight is 340 g/mol. The van der Waals surface area contributed by atoms with E-state index < -0.39 is 5.92 Å². The van der Waals surface area contributed by atoms with Crippen LogP contribution in [0, 0.1) is 22.7 Å². The Balaban J connectivity index is 1.91. The molecule has 3 heteroatoms. The third-order valence-corrected chi connectivity index (χ3v) is 5.17. The van der Waals surface area contributed by atoms with E-state index in [-0.39, 0.29) is 11.8 Å². The molecule has 0 saturated heterocycles. The molecular formula is C23H20N2O. The third kappa shape index (κ3) is 2.55. The Morgan fingerprint density at radius 2 is 1.73 bits per heavy atom. The third-order valence-electron chi connectivity index (χ3n) is 5.17. The summed E-state index contributed by atoms with van der Waals surface area (Å²) in [4.78, 5) is 0. The molecule has 0 aliphatic carbocycles. The van der Waals surface area contributed by atoms with E-state index in [9.17, 15) is 5.26 Å². The maximum Gasteiger partial charge on any atom is 0.205 e. The summed E-state index contributed by atoms with van der Waals surface area (Å²) in [5, 5.41) is 20.1. The van der Waals surface area contributed by atoms with Crippen molar-refractivity contribution in [1.82, 2.24) is 0 Å². The second-order valence-electron chi connectivity index (χ2n) is 7.08. The molecule has 0 radical (unpaired) electrons. The number of benzene rings is 3. The van der Waals surface area contributed by atoms with Crippen molar-refractivity contribution in [3.05, 3.63) is 77.4 Å². The van der Waals surface area contributed by atoms with Gasteiger partial charge in [-0.25, -0.2) is 0 Å². The van der Waals surface area contributed by atoms with Crippen molar-refractivity contribution < 1.29 is 4.74 Å². The maximum atomic E-state index is 9.70. The van der Waals surface area contributed by atoms with Gasteiger partial charge in [-0.2, -0.15) is 5.26 Å². The van der Waals surface area contributed by atoms with Crippen LogP contribution in [0.5, 0.6) is 5.75 Å². The summed E-state index contributed by atoms with van der Waals surface area (Å²) in [6.07, 6.45) is 0. The Morgan fingerprint density at radius 1 is 1.00 bits per heavy atom. The van der Waals surface area contributed by atoms with Crippen molar-refractivity contribution in [2.75, 3.05) is 0 Å². The summed E-state index contributed by atoms with van der Waals surface area (Å²) in [5.41, 5.74) is 3.29. The standard InChI is InChI=1S/C23H20N2O/c1-14(2)15-7-9-17(10-8-15)21-19-12-11-16-5-3-4-6-18(16)22(19)26-23(25)20(21)13-24/h3-12,14,20-21,25H,1-2H3. The first-order chi connectivity index (χ1) is 12.6. The second-order valence-corrected chi connectivity index (χ2v) is 7.08. The van der Waals surface area contributed by atoms with Gasteiger partial charge in [-0.05, 0) is 22.4 Å². The number of rotatable bonds is 2. The molecular weight excluding hydrogens is 320 g/mol. The van der Waals surface area contributed by atoms with Crippen LogP contribution in [0.4, 0.5) is 0 Å². The van der Waals surface area contributed by atoms with Gasteiger partial charge >= 0.3 is 0 Å². The highest BCUT2D eigenvalue weighted by molar-refractivity contribution is 5.95. The highest BCUT2D eigenvalue weighted by atomic mass is 16.5. The number of ether oxygens (including phenoxy) is 1. The minimum atomic E-state index is -0.617. The first kappa shape index (κ1) is 16.4. The van der Waals surface area contributed by atoms with E-state index in [4.69, 9.17) is 10.1 Å². The summed E-state index contributed by atoms with van der Waals surface area (Å²) < 4.78 is 5.82. The summed E-state index contributed by atoms with van der Waals surface area (Å²) in [7, 11) is 0. The fourth-order valence-corrected chi connectivity index (χ4v) is 3.72. The van der Waals surface area contributed by atoms with Gasteiger partial charge in [-0.3, -0.25) is 5.41 Å². The van der Waals surface area contributed by atoms with Gasteiger partial charge in [0.25, 0.3) is 0 Å². The number of nitrogens with one attached hydrogen (secondary N) is 1. The lowest BCUT2D eigenvalue weighted by molar-refractivity contribution is 0.455. The van der Waals surface area contributed by atoms with Crippen LogP contribution in [0.15, 0.2) is 60.7 Å². The number of fused-ring (bicyclic) bond motifs is 3. The van der Waals surface area contributed by atoms with E-state index in [0.717, 1.165) is 21.9 Å². The molecule has 0 amide bonds. The summed E-state index contributed by atoms with van der Waals surface area (Å²) in [6.45, 7) is 4.33. The maximum absolute atomic E-state index is 9.70. The molecule has 26 heavy (non-hydrogen) atoms. The molecule has 0 aromatic heterocycles.